The van der Waals surface area contributed by atoms with Crippen molar-refractivity contribution < 1.29 is 8.42 Å². The number of hydrogen-bond acceptors (Lipinski definition) is 6. The van der Waals surface area contributed by atoms with Crippen LogP contribution in [0.1, 0.15) is 5.56 Å². The predicted molar refractivity (Wildman–Crippen MR) is 83.2 cm³/mol. The Bertz CT molecular complexity index is 940. The van der Waals surface area contributed by atoms with E-state index in [1.54, 1.807) is 24.3 Å². The van der Waals surface area contributed by atoms with Crippen LogP contribution in [0.25, 0.3) is 11.2 Å². The van der Waals surface area contributed by atoms with Crippen molar-refractivity contribution in [2.24, 2.45) is 5.14 Å². The Balaban J connectivity index is 1.89. The topological polar surface area (TPSA) is 127 Å². The molecule has 0 saturated carbocycles. The molecule has 10 heteroatoms. The van der Waals surface area contributed by atoms with Gasteiger partial charge in [-0.3, -0.25) is 0 Å². The number of fused-ring (bicyclic) bond motifs is 1. The van der Waals surface area contributed by atoms with Gasteiger partial charge in [-0.1, -0.05) is 23.7 Å². The highest BCUT2D eigenvalue weighted by Crippen LogP contribution is 2.21. The molecule has 2 aromatic heterocycles. The number of aromatic nitrogens is 4. The Labute approximate surface area is 130 Å². The van der Waals surface area contributed by atoms with Crippen LogP contribution in [-0.4, -0.2) is 28.4 Å². The number of sulfonamides is 1. The summed E-state index contributed by atoms with van der Waals surface area (Å²) in [7, 11) is -3.59. The molecule has 0 unspecified atom stereocenters. The van der Waals surface area contributed by atoms with Crippen molar-refractivity contribution in [2.75, 3.05) is 5.32 Å². The van der Waals surface area contributed by atoms with Crippen molar-refractivity contribution >= 4 is 44.4 Å². The maximum atomic E-state index is 11.1. The minimum atomic E-state index is -3.59. The fourth-order valence-electron chi connectivity index (χ4n) is 1.95. The molecule has 0 radical (unpaired) electrons. The van der Waals surface area contributed by atoms with Gasteiger partial charge in [0.2, 0.25) is 16.0 Å². The Kier molecular flexibility index (Phi) is 3.69. The molecule has 22 heavy (non-hydrogen) atoms. The summed E-state index contributed by atoms with van der Waals surface area (Å²) in [6.07, 6.45) is 1.47. The molecule has 0 atom stereocenters. The lowest BCUT2D eigenvalue weighted by Gasteiger charge is -2.07. The number of benzene rings is 1. The van der Waals surface area contributed by atoms with E-state index in [1.807, 2.05) is 0 Å². The van der Waals surface area contributed by atoms with Gasteiger partial charge in [-0.25, -0.2) is 18.5 Å². The van der Waals surface area contributed by atoms with E-state index in [1.165, 1.54) is 6.33 Å². The summed E-state index contributed by atoms with van der Waals surface area (Å²) in [6.45, 7) is 0. The van der Waals surface area contributed by atoms with Crippen LogP contribution in [0, 0.1) is 0 Å². The third-order valence-electron chi connectivity index (χ3n) is 2.79. The van der Waals surface area contributed by atoms with Crippen LogP contribution in [0.15, 0.2) is 30.6 Å². The van der Waals surface area contributed by atoms with E-state index < -0.39 is 10.0 Å². The standard InChI is InChI=1S/C12H11ClN6O2S/c13-10-9-11(16-6-15-9)19-12(18-10)17-8-3-1-2-7(4-8)5-22(14,20)21/h1-4,6H,5H2,(H2,14,20,21)(H2,15,16,17,18,19). The van der Waals surface area contributed by atoms with Crippen LogP contribution >= 0.6 is 11.6 Å². The van der Waals surface area contributed by atoms with Gasteiger partial charge < -0.3 is 10.3 Å². The number of H-pyrrole nitrogens is 1. The SMILES string of the molecule is NS(=O)(=O)Cc1cccc(Nc2nc(Cl)c3[nH]cnc3n2)c1. The summed E-state index contributed by atoms with van der Waals surface area (Å²) in [5, 5.41) is 8.24. The smallest absolute Gasteiger partial charge is 0.230 e. The lowest BCUT2D eigenvalue weighted by atomic mass is 10.2. The highest BCUT2D eigenvalue weighted by molar-refractivity contribution is 7.88. The Morgan fingerprint density at radius 2 is 2.14 bits per heavy atom. The zero-order valence-corrected chi connectivity index (χ0v) is 12.7. The highest BCUT2D eigenvalue weighted by Gasteiger charge is 2.09. The normalized spacial score (nSPS) is 11.7. The number of rotatable bonds is 4. The molecule has 0 fully saturated rings. The zero-order chi connectivity index (χ0) is 15.7. The van der Waals surface area contributed by atoms with Gasteiger partial charge >= 0.3 is 0 Å². The lowest BCUT2D eigenvalue weighted by Crippen LogP contribution is -2.14. The lowest BCUT2D eigenvalue weighted by molar-refractivity contribution is 0.597. The van der Waals surface area contributed by atoms with E-state index in [0.717, 1.165) is 0 Å². The van der Waals surface area contributed by atoms with Gasteiger partial charge in [-0.05, 0) is 17.7 Å². The number of hydrogen-bond donors (Lipinski definition) is 3. The summed E-state index contributed by atoms with van der Waals surface area (Å²) in [6, 6.07) is 6.77. The van der Waals surface area contributed by atoms with Gasteiger partial charge in [-0.2, -0.15) is 9.97 Å². The first-order chi connectivity index (χ1) is 10.4. The molecule has 0 spiro atoms. The van der Waals surface area contributed by atoms with E-state index in [2.05, 4.69) is 25.3 Å². The molecule has 8 nitrogen and oxygen atoms in total. The molecule has 0 saturated heterocycles. The second kappa shape index (κ2) is 5.52. The average Bonchev–Trinajstić information content (AvgIpc) is 2.85. The Morgan fingerprint density at radius 3 is 2.91 bits per heavy atom. The molecule has 0 aliphatic heterocycles. The predicted octanol–water partition coefficient (Wildman–Crippen LogP) is 1.54. The second-order valence-electron chi connectivity index (χ2n) is 4.57. The van der Waals surface area contributed by atoms with E-state index in [9.17, 15) is 8.42 Å². The van der Waals surface area contributed by atoms with Gasteiger partial charge in [0.1, 0.15) is 5.52 Å². The highest BCUT2D eigenvalue weighted by atomic mass is 35.5. The first-order valence-corrected chi connectivity index (χ1v) is 8.23. The summed E-state index contributed by atoms with van der Waals surface area (Å²) in [4.78, 5) is 15.2. The molecule has 0 amide bonds. The van der Waals surface area contributed by atoms with Gasteiger partial charge in [-0.15, -0.1) is 0 Å². The Hall–Kier alpha value is -2.23. The summed E-state index contributed by atoms with van der Waals surface area (Å²) >= 11 is 6.03. The fourth-order valence-corrected chi connectivity index (χ4v) is 2.82. The van der Waals surface area contributed by atoms with E-state index in [0.29, 0.717) is 22.4 Å². The molecular weight excluding hydrogens is 328 g/mol. The van der Waals surface area contributed by atoms with Crippen LogP contribution < -0.4 is 10.5 Å². The molecule has 2 heterocycles. The van der Waals surface area contributed by atoms with Crippen LogP contribution in [-0.2, 0) is 15.8 Å². The number of imidazole rings is 1. The van der Waals surface area contributed by atoms with Crippen molar-refractivity contribution in [1.29, 1.82) is 0 Å². The first-order valence-electron chi connectivity index (χ1n) is 6.14. The zero-order valence-electron chi connectivity index (χ0n) is 11.1. The van der Waals surface area contributed by atoms with Crippen molar-refractivity contribution in [1.82, 2.24) is 19.9 Å². The molecular formula is C12H11ClN6O2S. The number of nitrogens with zero attached hydrogens (tertiary/aromatic N) is 3. The molecule has 1 aromatic carbocycles. The van der Waals surface area contributed by atoms with E-state index in [-0.39, 0.29) is 16.9 Å². The monoisotopic (exact) mass is 338 g/mol. The van der Waals surface area contributed by atoms with Crippen molar-refractivity contribution in [2.45, 2.75) is 5.75 Å². The summed E-state index contributed by atoms with van der Waals surface area (Å²) in [5.41, 5.74) is 2.16. The third-order valence-corrected chi connectivity index (χ3v) is 3.80. The maximum absolute atomic E-state index is 11.1. The molecule has 3 aromatic rings. The molecule has 0 aliphatic carbocycles. The van der Waals surface area contributed by atoms with Crippen molar-refractivity contribution in [3.05, 3.63) is 41.3 Å². The Morgan fingerprint density at radius 1 is 1.32 bits per heavy atom. The third kappa shape index (κ3) is 3.32. The second-order valence-corrected chi connectivity index (χ2v) is 6.54. The minimum Gasteiger partial charge on any atom is -0.341 e. The largest absolute Gasteiger partial charge is 0.341 e. The maximum Gasteiger partial charge on any atom is 0.230 e. The number of aromatic amines is 1. The number of nitrogens with two attached hydrogens (primary N) is 1. The van der Waals surface area contributed by atoms with E-state index in [4.69, 9.17) is 16.7 Å². The number of primary sulfonamides is 1. The van der Waals surface area contributed by atoms with Gasteiger partial charge in [0, 0.05) is 5.69 Å². The van der Waals surface area contributed by atoms with Gasteiger partial charge in [0.05, 0.1) is 12.1 Å². The number of halogens is 1. The van der Waals surface area contributed by atoms with Crippen LogP contribution in [0.3, 0.4) is 0 Å². The van der Waals surface area contributed by atoms with Gasteiger partial charge in [0.15, 0.2) is 10.8 Å². The van der Waals surface area contributed by atoms with Crippen LogP contribution in [0.4, 0.5) is 11.6 Å². The molecule has 0 bridgehead atoms. The fraction of sp³-hybridized carbons (Fsp3) is 0.0833. The van der Waals surface area contributed by atoms with Crippen molar-refractivity contribution in [3.63, 3.8) is 0 Å². The van der Waals surface area contributed by atoms with Crippen LogP contribution in [0.2, 0.25) is 5.15 Å². The van der Waals surface area contributed by atoms with E-state index >= 15 is 0 Å². The van der Waals surface area contributed by atoms with Crippen LogP contribution in [0.5, 0.6) is 0 Å². The first kappa shape index (κ1) is 14.7. The minimum absolute atomic E-state index is 0.241. The number of anilines is 2. The summed E-state index contributed by atoms with van der Waals surface area (Å²) < 4.78 is 22.3. The molecule has 3 rings (SSSR count). The number of nitrogens with one attached hydrogen (secondary N) is 2. The molecule has 0 aliphatic rings. The van der Waals surface area contributed by atoms with Crippen molar-refractivity contribution in [3.8, 4) is 0 Å². The molecule has 114 valence electrons. The summed E-state index contributed by atoms with van der Waals surface area (Å²) in [5.74, 6) is 0.0140. The molecule has 4 N–H and O–H groups in total. The van der Waals surface area contributed by atoms with Gasteiger partial charge in [0.25, 0.3) is 0 Å². The quantitative estimate of drug-likeness (QED) is 0.619. The average molecular weight is 339 g/mol.